The van der Waals surface area contributed by atoms with E-state index in [1.807, 2.05) is 0 Å². The van der Waals surface area contributed by atoms with Crippen LogP contribution in [0, 0.1) is 23.7 Å². The molecule has 2 heterocycles. The fourth-order valence-corrected chi connectivity index (χ4v) is 4.21. The molecule has 4 atom stereocenters. The molecule has 0 spiro atoms. The molecule has 2 bridgehead atoms. The Kier molecular flexibility index (Phi) is 3.18. The van der Waals surface area contributed by atoms with Gasteiger partial charge in [0.2, 0.25) is 0 Å². The van der Waals surface area contributed by atoms with Gasteiger partial charge in [-0.05, 0) is 30.1 Å². The van der Waals surface area contributed by atoms with E-state index in [9.17, 15) is 18.0 Å². The van der Waals surface area contributed by atoms with E-state index in [2.05, 4.69) is 22.6 Å². The van der Waals surface area contributed by atoms with Gasteiger partial charge in [0, 0.05) is 25.4 Å². The van der Waals surface area contributed by atoms with Crippen molar-refractivity contribution in [3.05, 3.63) is 24.4 Å². The topological polar surface area (TPSA) is 50.2 Å². The maximum Gasteiger partial charge on any atom is 0.408 e. The van der Waals surface area contributed by atoms with Crippen molar-refractivity contribution in [3.63, 3.8) is 0 Å². The third-order valence-corrected chi connectivity index (χ3v) is 5.17. The molecule has 2 amide bonds. The van der Waals surface area contributed by atoms with E-state index >= 15 is 0 Å². The molecule has 1 saturated carbocycles. The molecule has 124 valence electrons. The summed E-state index contributed by atoms with van der Waals surface area (Å²) in [6.07, 6.45) is 2.60. The molecule has 4 rings (SSSR count). The Hall–Kier alpha value is -1.99. The smallest absolute Gasteiger partial charge is 0.324 e. The Morgan fingerprint density at radius 3 is 2.52 bits per heavy atom. The molecule has 1 N–H and O–H groups in total. The molecule has 0 aromatic carbocycles. The zero-order valence-electron chi connectivity index (χ0n) is 12.3. The number of nitrogens with zero attached hydrogens (tertiary/aromatic N) is 3. The third-order valence-electron chi connectivity index (χ3n) is 5.17. The summed E-state index contributed by atoms with van der Waals surface area (Å²) >= 11 is 0. The molecule has 0 radical (unpaired) electrons. The second kappa shape index (κ2) is 5.01. The zero-order chi connectivity index (χ0) is 16.2. The second-order valence-corrected chi connectivity index (χ2v) is 6.62. The largest absolute Gasteiger partial charge is 0.408 e. The number of amides is 2. The predicted molar refractivity (Wildman–Crippen MR) is 76.6 cm³/mol. The summed E-state index contributed by atoms with van der Waals surface area (Å²) in [5.74, 6) is 2.36. The van der Waals surface area contributed by atoms with Crippen LogP contribution in [-0.4, -0.2) is 40.0 Å². The first-order chi connectivity index (χ1) is 10.9. The standard InChI is InChI=1S/C15H17F3N4O/c16-15(17,18)8-22-4-3-13(20-22)19-14(23)21-6-11-9-1-2-10(5-9)12(11)7-21/h1-4,9-12H,5-8H2,(H,19,20,23)/t9?,10?,11-,12+. The number of anilines is 1. The quantitative estimate of drug-likeness (QED) is 0.850. The van der Waals surface area contributed by atoms with E-state index in [0.717, 1.165) is 4.68 Å². The van der Waals surface area contributed by atoms with E-state index in [0.29, 0.717) is 36.8 Å². The van der Waals surface area contributed by atoms with E-state index in [4.69, 9.17) is 0 Å². The van der Waals surface area contributed by atoms with Gasteiger partial charge in [-0.1, -0.05) is 12.2 Å². The highest BCUT2D eigenvalue weighted by Gasteiger charge is 2.50. The lowest BCUT2D eigenvalue weighted by molar-refractivity contribution is -0.142. The number of alkyl halides is 3. The van der Waals surface area contributed by atoms with Crippen LogP contribution in [0.1, 0.15) is 6.42 Å². The van der Waals surface area contributed by atoms with Gasteiger partial charge in [0.15, 0.2) is 5.82 Å². The SMILES string of the molecule is O=C(Nc1ccn(CC(F)(F)F)n1)N1C[C@@H]2C3C=CC(C3)[C@@H]2C1. The summed E-state index contributed by atoms with van der Waals surface area (Å²) in [5, 5.41) is 6.34. The number of likely N-dealkylation sites (tertiary alicyclic amines) is 1. The summed E-state index contributed by atoms with van der Waals surface area (Å²) in [7, 11) is 0. The van der Waals surface area contributed by atoms with Crippen molar-refractivity contribution in [2.45, 2.75) is 19.1 Å². The highest BCUT2D eigenvalue weighted by molar-refractivity contribution is 5.88. The van der Waals surface area contributed by atoms with Crippen molar-refractivity contribution in [1.82, 2.24) is 14.7 Å². The second-order valence-electron chi connectivity index (χ2n) is 6.62. The van der Waals surface area contributed by atoms with Crippen molar-refractivity contribution in [1.29, 1.82) is 0 Å². The number of aromatic nitrogens is 2. The highest BCUT2D eigenvalue weighted by atomic mass is 19.4. The number of allylic oxidation sites excluding steroid dienone is 2. The molecule has 23 heavy (non-hydrogen) atoms. The first-order valence-corrected chi connectivity index (χ1v) is 7.73. The van der Waals surface area contributed by atoms with Crippen molar-refractivity contribution in [2.24, 2.45) is 23.7 Å². The summed E-state index contributed by atoms with van der Waals surface area (Å²) in [6, 6.07) is 1.10. The van der Waals surface area contributed by atoms with Gasteiger partial charge in [0.1, 0.15) is 6.54 Å². The molecule has 1 aliphatic heterocycles. The molecule has 8 heteroatoms. The van der Waals surface area contributed by atoms with E-state index in [1.165, 1.54) is 18.7 Å². The average molecular weight is 326 g/mol. The molecule has 2 unspecified atom stereocenters. The number of rotatable bonds is 2. The normalized spacial score (nSPS) is 31.7. The molecule has 1 aromatic rings. The van der Waals surface area contributed by atoms with Gasteiger partial charge < -0.3 is 4.90 Å². The number of hydrogen-bond acceptors (Lipinski definition) is 2. The summed E-state index contributed by atoms with van der Waals surface area (Å²) in [4.78, 5) is 14.1. The van der Waals surface area contributed by atoms with Crippen LogP contribution in [0.2, 0.25) is 0 Å². The molecule has 1 saturated heterocycles. The monoisotopic (exact) mass is 326 g/mol. The average Bonchev–Trinajstić information content (AvgIpc) is 3.18. The van der Waals surface area contributed by atoms with Crippen molar-refractivity contribution in [2.75, 3.05) is 18.4 Å². The van der Waals surface area contributed by atoms with Crippen LogP contribution in [0.25, 0.3) is 0 Å². The molecule has 2 aliphatic carbocycles. The molecule has 5 nitrogen and oxygen atoms in total. The van der Waals surface area contributed by atoms with E-state index in [1.54, 1.807) is 4.90 Å². The van der Waals surface area contributed by atoms with Crippen LogP contribution in [0.5, 0.6) is 0 Å². The summed E-state index contributed by atoms with van der Waals surface area (Å²) in [6.45, 7) is 0.266. The van der Waals surface area contributed by atoms with Gasteiger partial charge in [0.05, 0.1) is 0 Å². The van der Waals surface area contributed by atoms with Crippen LogP contribution in [0.3, 0.4) is 0 Å². The first kappa shape index (κ1) is 14.6. The minimum Gasteiger partial charge on any atom is -0.324 e. The number of fused-ring (bicyclic) bond motifs is 5. The lowest BCUT2D eigenvalue weighted by Crippen LogP contribution is -2.34. The number of carbonyl (C=O) groups excluding carboxylic acids is 1. The van der Waals surface area contributed by atoms with Gasteiger partial charge in [-0.15, -0.1) is 0 Å². The molecular weight excluding hydrogens is 309 g/mol. The van der Waals surface area contributed by atoms with Crippen LogP contribution < -0.4 is 5.32 Å². The van der Waals surface area contributed by atoms with Gasteiger partial charge >= 0.3 is 12.2 Å². The van der Waals surface area contributed by atoms with Crippen molar-refractivity contribution < 1.29 is 18.0 Å². The third kappa shape index (κ3) is 2.70. The Balaban J connectivity index is 1.36. The van der Waals surface area contributed by atoms with Crippen LogP contribution >= 0.6 is 0 Å². The minimum absolute atomic E-state index is 0.150. The first-order valence-electron chi connectivity index (χ1n) is 7.73. The number of hydrogen-bond donors (Lipinski definition) is 1. The number of carbonyl (C=O) groups is 1. The molecule has 1 aromatic heterocycles. The molecular formula is C15H17F3N4O. The number of halogens is 3. The molecule has 2 fully saturated rings. The van der Waals surface area contributed by atoms with Crippen LogP contribution in [0.15, 0.2) is 24.4 Å². The maximum atomic E-state index is 12.3. The fraction of sp³-hybridized carbons (Fsp3) is 0.600. The zero-order valence-corrected chi connectivity index (χ0v) is 12.3. The highest BCUT2D eigenvalue weighted by Crippen LogP contribution is 2.51. The summed E-state index contributed by atoms with van der Waals surface area (Å²) < 4.78 is 37.7. The number of nitrogens with one attached hydrogen (secondary N) is 1. The van der Waals surface area contributed by atoms with Gasteiger partial charge in [-0.3, -0.25) is 10.00 Å². The van der Waals surface area contributed by atoms with Gasteiger partial charge in [0.25, 0.3) is 0 Å². The van der Waals surface area contributed by atoms with Gasteiger partial charge in [-0.2, -0.15) is 18.3 Å². The van der Waals surface area contributed by atoms with E-state index < -0.39 is 12.7 Å². The van der Waals surface area contributed by atoms with Crippen LogP contribution in [0.4, 0.5) is 23.8 Å². The number of urea groups is 1. The van der Waals surface area contributed by atoms with Crippen LogP contribution in [-0.2, 0) is 6.54 Å². The lowest BCUT2D eigenvalue weighted by Gasteiger charge is -2.18. The Morgan fingerprint density at radius 1 is 1.26 bits per heavy atom. The van der Waals surface area contributed by atoms with Gasteiger partial charge in [-0.25, -0.2) is 4.79 Å². The fourth-order valence-electron chi connectivity index (χ4n) is 4.21. The maximum absolute atomic E-state index is 12.3. The summed E-state index contributed by atoms with van der Waals surface area (Å²) in [5.41, 5.74) is 0. The Bertz CT molecular complexity index is 633. The predicted octanol–water partition coefficient (Wildman–Crippen LogP) is 2.73. The van der Waals surface area contributed by atoms with Crippen molar-refractivity contribution in [3.8, 4) is 0 Å². The lowest BCUT2D eigenvalue weighted by atomic mass is 9.86. The Labute approximate surface area is 131 Å². The Morgan fingerprint density at radius 2 is 1.91 bits per heavy atom. The van der Waals surface area contributed by atoms with E-state index in [-0.39, 0.29) is 11.8 Å². The van der Waals surface area contributed by atoms with Crippen molar-refractivity contribution >= 4 is 11.8 Å². The molecule has 3 aliphatic rings. The minimum atomic E-state index is -4.33.